The molecule has 3 N–H and O–H groups in total. The van der Waals surface area contributed by atoms with E-state index in [0.717, 1.165) is 25.9 Å². The molecule has 0 aliphatic carbocycles. The number of carbonyl (C=O) groups is 1. The van der Waals surface area contributed by atoms with Gasteiger partial charge in [0, 0.05) is 38.8 Å². The number of anilines is 1. The molecule has 1 amide bonds. The van der Waals surface area contributed by atoms with E-state index in [2.05, 4.69) is 28.4 Å². The fraction of sp³-hybridized carbons (Fsp3) is 0.533. The minimum atomic E-state index is 0.121. The number of nitrogens with one attached hydrogen (secondary N) is 1. The Hall–Kier alpha value is -1.55. The Morgan fingerprint density at radius 3 is 3.05 bits per heavy atom. The largest absolute Gasteiger partial charge is 0.371 e. The quantitative estimate of drug-likeness (QED) is 0.843. The molecule has 1 aromatic carbocycles. The van der Waals surface area contributed by atoms with Gasteiger partial charge in [-0.3, -0.25) is 4.79 Å². The summed E-state index contributed by atoms with van der Waals surface area (Å²) in [6.45, 7) is 2.63. The van der Waals surface area contributed by atoms with E-state index in [0.29, 0.717) is 13.0 Å². The number of aryl methyl sites for hydroxylation is 1. The molecule has 1 aliphatic heterocycles. The number of rotatable bonds is 5. The highest BCUT2D eigenvalue weighted by molar-refractivity contribution is 5.75. The van der Waals surface area contributed by atoms with E-state index >= 15 is 0 Å². The van der Waals surface area contributed by atoms with Crippen LogP contribution in [0.1, 0.15) is 30.4 Å². The molecule has 0 bridgehead atoms. The second-order valence-corrected chi connectivity index (χ2v) is 5.03. The Morgan fingerprint density at radius 2 is 2.32 bits per heavy atom. The number of hydrogen-bond acceptors (Lipinski definition) is 3. The molecule has 4 heteroatoms. The topological polar surface area (TPSA) is 58.4 Å². The summed E-state index contributed by atoms with van der Waals surface area (Å²) in [6, 6.07) is 6.51. The highest BCUT2D eigenvalue weighted by atomic mass is 16.1. The zero-order chi connectivity index (χ0) is 13.7. The van der Waals surface area contributed by atoms with E-state index in [1.54, 1.807) is 7.05 Å². The maximum Gasteiger partial charge on any atom is 0.219 e. The van der Waals surface area contributed by atoms with Gasteiger partial charge in [0.1, 0.15) is 0 Å². The van der Waals surface area contributed by atoms with Gasteiger partial charge < -0.3 is 16.0 Å². The second-order valence-electron chi connectivity index (χ2n) is 5.03. The smallest absolute Gasteiger partial charge is 0.219 e. The van der Waals surface area contributed by atoms with Crippen LogP contribution in [0.25, 0.3) is 0 Å². The lowest BCUT2D eigenvalue weighted by molar-refractivity contribution is -0.120. The van der Waals surface area contributed by atoms with Crippen molar-refractivity contribution in [2.45, 2.75) is 32.2 Å². The molecule has 1 aromatic rings. The highest BCUT2D eigenvalue weighted by Gasteiger charge is 2.16. The van der Waals surface area contributed by atoms with E-state index < -0.39 is 0 Å². The van der Waals surface area contributed by atoms with Crippen molar-refractivity contribution in [1.82, 2.24) is 5.32 Å². The normalized spacial score (nSPS) is 14.1. The Morgan fingerprint density at radius 1 is 1.47 bits per heavy atom. The van der Waals surface area contributed by atoms with Crippen LogP contribution in [0, 0.1) is 0 Å². The monoisotopic (exact) mass is 261 g/mol. The molecule has 0 saturated carbocycles. The number of amides is 1. The van der Waals surface area contributed by atoms with Crippen LogP contribution < -0.4 is 16.0 Å². The average Bonchev–Trinajstić information content (AvgIpc) is 2.46. The summed E-state index contributed by atoms with van der Waals surface area (Å²) in [6.07, 6.45) is 3.82. The number of hydrogen-bond donors (Lipinski definition) is 2. The van der Waals surface area contributed by atoms with E-state index in [4.69, 9.17) is 5.73 Å². The molecule has 2 rings (SSSR count). The van der Waals surface area contributed by atoms with Crippen molar-refractivity contribution >= 4 is 11.6 Å². The molecule has 1 heterocycles. The van der Waals surface area contributed by atoms with Gasteiger partial charge in [0.25, 0.3) is 0 Å². The summed E-state index contributed by atoms with van der Waals surface area (Å²) in [5, 5.41) is 2.67. The van der Waals surface area contributed by atoms with Crippen LogP contribution in [-0.2, 0) is 17.8 Å². The minimum Gasteiger partial charge on any atom is -0.371 e. The predicted molar refractivity (Wildman–Crippen MR) is 78.2 cm³/mol. The molecule has 0 atom stereocenters. The van der Waals surface area contributed by atoms with E-state index in [1.165, 1.54) is 23.2 Å². The van der Waals surface area contributed by atoms with Gasteiger partial charge >= 0.3 is 0 Å². The minimum absolute atomic E-state index is 0.121. The van der Waals surface area contributed by atoms with Crippen molar-refractivity contribution in [3.05, 3.63) is 29.3 Å². The van der Waals surface area contributed by atoms with Gasteiger partial charge in [0.2, 0.25) is 5.91 Å². The van der Waals surface area contributed by atoms with Crippen molar-refractivity contribution in [2.75, 3.05) is 25.0 Å². The first-order chi connectivity index (χ1) is 9.24. The summed E-state index contributed by atoms with van der Waals surface area (Å²) in [7, 11) is 1.69. The van der Waals surface area contributed by atoms with Crippen LogP contribution in [0.15, 0.2) is 18.2 Å². The van der Waals surface area contributed by atoms with Gasteiger partial charge in [-0.1, -0.05) is 12.1 Å². The van der Waals surface area contributed by atoms with Gasteiger partial charge in [-0.15, -0.1) is 0 Å². The van der Waals surface area contributed by atoms with Crippen LogP contribution in [0.3, 0.4) is 0 Å². The molecule has 0 unspecified atom stereocenters. The van der Waals surface area contributed by atoms with E-state index in [1.807, 2.05) is 0 Å². The Labute approximate surface area is 115 Å². The summed E-state index contributed by atoms with van der Waals surface area (Å²) in [5.74, 6) is 0.121. The van der Waals surface area contributed by atoms with E-state index in [9.17, 15) is 4.79 Å². The zero-order valence-corrected chi connectivity index (χ0v) is 11.6. The number of benzene rings is 1. The first kappa shape index (κ1) is 13.9. The van der Waals surface area contributed by atoms with Crippen molar-refractivity contribution in [3.8, 4) is 0 Å². The van der Waals surface area contributed by atoms with Crippen LogP contribution in [-0.4, -0.2) is 26.0 Å². The molecule has 0 aromatic heterocycles. The molecule has 104 valence electrons. The highest BCUT2D eigenvalue weighted by Crippen LogP contribution is 2.28. The average molecular weight is 261 g/mol. The first-order valence-electron chi connectivity index (χ1n) is 7.02. The van der Waals surface area contributed by atoms with Gasteiger partial charge in [-0.2, -0.15) is 0 Å². The maximum absolute atomic E-state index is 11.2. The van der Waals surface area contributed by atoms with Crippen LogP contribution in [0.5, 0.6) is 0 Å². The number of nitrogens with two attached hydrogens (primary N) is 1. The summed E-state index contributed by atoms with van der Waals surface area (Å²) >= 11 is 0. The molecule has 0 fully saturated rings. The Bertz CT molecular complexity index is 445. The molecule has 4 nitrogen and oxygen atoms in total. The van der Waals surface area contributed by atoms with Gasteiger partial charge in [0.15, 0.2) is 0 Å². The molecule has 1 aliphatic rings. The lowest BCUT2D eigenvalue weighted by atomic mass is 9.99. The third kappa shape index (κ3) is 3.47. The Kier molecular flexibility index (Phi) is 4.80. The maximum atomic E-state index is 11.2. The Balaban J connectivity index is 1.99. The summed E-state index contributed by atoms with van der Waals surface area (Å²) in [5.41, 5.74) is 9.61. The first-order valence-corrected chi connectivity index (χ1v) is 7.02. The van der Waals surface area contributed by atoms with Crippen molar-refractivity contribution in [2.24, 2.45) is 5.73 Å². The molecule has 0 saturated heterocycles. The number of fused-ring (bicyclic) bond motifs is 1. The predicted octanol–water partition coefficient (Wildman–Crippen LogP) is 1.42. The number of carbonyl (C=O) groups excluding carboxylic acids is 1. The van der Waals surface area contributed by atoms with Crippen LogP contribution >= 0.6 is 0 Å². The fourth-order valence-electron chi connectivity index (χ4n) is 2.64. The lowest BCUT2D eigenvalue weighted by Gasteiger charge is -2.31. The van der Waals surface area contributed by atoms with Crippen LogP contribution in [0.2, 0.25) is 0 Å². The summed E-state index contributed by atoms with van der Waals surface area (Å²) in [4.78, 5) is 13.6. The standard InChI is InChI=1S/C15H23N3O/c1-17-15(19)5-3-9-18-8-2-4-13-10-12(11-16)6-7-14(13)18/h6-7,10H,2-5,8-9,11,16H2,1H3,(H,17,19). The fourth-order valence-corrected chi connectivity index (χ4v) is 2.64. The van der Waals surface area contributed by atoms with Gasteiger partial charge in [-0.05, 0) is 36.5 Å². The summed E-state index contributed by atoms with van der Waals surface area (Å²) < 4.78 is 0. The van der Waals surface area contributed by atoms with Crippen molar-refractivity contribution in [3.63, 3.8) is 0 Å². The third-order valence-corrected chi connectivity index (χ3v) is 3.71. The van der Waals surface area contributed by atoms with Crippen LogP contribution in [0.4, 0.5) is 5.69 Å². The molecule has 0 spiro atoms. The molecule has 19 heavy (non-hydrogen) atoms. The van der Waals surface area contributed by atoms with E-state index in [-0.39, 0.29) is 5.91 Å². The third-order valence-electron chi connectivity index (χ3n) is 3.71. The van der Waals surface area contributed by atoms with Crippen molar-refractivity contribution < 1.29 is 4.79 Å². The molecular formula is C15H23N3O. The zero-order valence-electron chi connectivity index (χ0n) is 11.6. The van der Waals surface area contributed by atoms with Gasteiger partial charge in [0.05, 0.1) is 0 Å². The SMILES string of the molecule is CNC(=O)CCCN1CCCc2cc(CN)ccc21. The number of nitrogens with zero attached hydrogens (tertiary/aromatic N) is 1. The molecular weight excluding hydrogens is 238 g/mol. The van der Waals surface area contributed by atoms with Crippen molar-refractivity contribution in [1.29, 1.82) is 0 Å². The second kappa shape index (κ2) is 6.57. The molecule has 0 radical (unpaired) electrons. The van der Waals surface area contributed by atoms with Gasteiger partial charge in [-0.25, -0.2) is 0 Å². The lowest BCUT2D eigenvalue weighted by Crippen LogP contribution is -2.31.